The second kappa shape index (κ2) is 7.50. The number of halogens is 2. The Hall–Kier alpha value is -0.490. The van der Waals surface area contributed by atoms with Crippen molar-refractivity contribution in [3.8, 4) is 0 Å². The molecule has 0 fully saturated rings. The summed E-state index contributed by atoms with van der Waals surface area (Å²) in [5, 5.41) is 0. The number of thiophene rings is 1. The van der Waals surface area contributed by atoms with E-state index in [9.17, 15) is 4.79 Å². The van der Waals surface area contributed by atoms with Crippen LogP contribution in [0.4, 0.5) is 0 Å². The van der Waals surface area contributed by atoms with Crippen LogP contribution in [0.5, 0.6) is 0 Å². The van der Waals surface area contributed by atoms with Gasteiger partial charge in [-0.1, -0.05) is 37.3 Å². The fourth-order valence-electron chi connectivity index (χ4n) is 1.94. The van der Waals surface area contributed by atoms with Gasteiger partial charge < -0.3 is 0 Å². The molecule has 0 saturated heterocycles. The highest BCUT2D eigenvalue weighted by Gasteiger charge is 2.16. The van der Waals surface area contributed by atoms with Crippen LogP contribution in [0.1, 0.15) is 22.8 Å². The lowest BCUT2D eigenvalue weighted by Crippen LogP contribution is -2.29. The lowest BCUT2D eigenvalue weighted by atomic mass is 10.2. The molecule has 1 aromatic carbocycles. The molecule has 0 aliphatic carbocycles. The first-order valence-corrected chi connectivity index (χ1v) is 8.74. The van der Waals surface area contributed by atoms with E-state index in [1.54, 1.807) is 0 Å². The number of rotatable bonds is 6. The Balaban J connectivity index is 2.03. The van der Waals surface area contributed by atoms with Gasteiger partial charge in [-0.15, -0.1) is 11.3 Å². The van der Waals surface area contributed by atoms with Gasteiger partial charge in [-0.05, 0) is 50.0 Å². The fourth-order valence-corrected chi connectivity index (χ4v) is 4.80. The molecule has 5 heteroatoms. The predicted molar refractivity (Wildman–Crippen MR) is 91.4 cm³/mol. The van der Waals surface area contributed by atoms with Crippen molar-refractivity contribution in [2.45, 2.75) is 13.5 Å². The van der Waals surface area contributed by atoms with Gasteiger partial charge in [0.15, 0.2) is 5.78 Å². The van der Waals surface area contributed by atoms with E-state index < -0.39 is 0 Å². The van der Waals surface area contributed by atoms with Crippen LogP contribution in [0, 0.1) is 0 Å². The monoisotopic (exact) mass is 415 g/mol. The standard InChI is InChI=1S/C15H15Br2NOS/c1-2-18(9-11-6-4-3-5-7-11)10-13(19)12-8-14(16)20-15(12)17/h3-8H,2,9-10H2,1H3. The van der Waals surface area contributed by atoms with E-state index in [1.165, 1.54) is 16.9 Å². The maximum atomic E-state index is 12.4. The molecule has 0 amide bonds. The van der Waals surface area contributed by atoms with Crippen LogP contribution in [-0.4, -0.2) is 23.8 Å². The van der Waals surface area contributed by atoms with Crippen molar-refractivity contribution in [3.05, 3.63) is 55.1 Å². The highest BCUT2D eigenvalue weighted by molar-refractivity contribution is 9.12. The average molecular weight is 417 g/mol. The molecule has 1 heterocycles. The van der Waals surface area contributed by atoms with E-state index >= 15 is 0 Å². The van der Waals surface area contributed by atoms with Crippen molar-refractivity contribution >= 4 is 49.0 Å². The molecule has 2 aromatic rings. The SMILES string of the molecule is CCN(CC(=O)c1cc(Br)sc1Br)Cc1ccccc1. The Bertz CT molecular complexity index is 583. The van der Waals surface area contributed by atoms with E-state index in [4.69, 9.17) is 0 Å². The lowest BCUT2D eigenvalue weighted by Gasteiger charge is -2.19. The van der Waals surface area contributed by atoms with Gasteiger partial charge >= 0.3 is 0 Å². The third-order valence-electron chi connectivity index (χ3n) is 3.02. The summed E-state index contributed by atoms with van der Waals surface area (Å²) in [5.74, 6) is 0.150. The van der Waals surface area contributed by atoms with Gasteiger partial charge in [0.05, 0.1) is 14.1 Å². The van der Waals surface area contributed by atoms with Gasteiger partial charge in [0, 0.05) is 12.1 Å². The molecular formula is C15H15Br2NOS. The summed E-state index contributed by atoms with van der Waals surface area (Å²) in [5.41, 5.74) is 1.99. The summed E-state index contributed by atoms with van der Waals surface area (Å²) >= 11 is 8.39. The molecule has 0 unspecified atom stereocenters. The van der Waals surface area contributed by atoms with Crippen LogP contribution in [0.25, 0.3) is 0 Å². The van der Waals surface area contributed by atoms with Gasteiger partial charge in [0.1, 0.15) is 0 Å². The van der Waals surface area contributed by atoms with Crippen LogP contribution in [0.3, 0.4) is 0 Å². The Morgan fingerprint density at radius 1 is 1.25 bits per heavy atom. The largest absolute Gasteiger partial charge is 0.293 e. The van der Waals surface area contributed by atoms with E-state index in [0.29, 0.717) is 6.54 Å². The number of Topliss-reactive ketones (excluding diaryl/α,β-unsaturated/α-hetero) is 1. The van der Waals surface area contributed by atoms with Gasteiger partial charge in [-0.2, -0.15) is 0 Å². The first-order chi connectivity index (χ1) is 9.60. The van der Waals surface area contributed by atoms with Crippen LogP contribution in [-0.2, 0) is 6.54 Å². The molecule has 20 heavy (non-hydrogen) atoms. The fraction of sp³-hybridized carbons (Fsp3) is 0.267. The number of carbonyl (C=O) groups excluding carboxylic acids is 1. The molecule has 0 radical (unpaired) electrons. The molecule has 106 valence electrons. The zero-order valence-electron chi connectivity index (χ0n) is 11.1. The number of hydrogen-bond acceptors (Lipinski definition) is 3. The minimum absolute atomic E-state index is 0.150. The Morgan fingerprint density at radius 2 is 1.95 bits per heavy atom. The van der Waals surface area contributed by atoms with Crippen molar-refractivity contribution < 1.29 is 4.79 Å². The predicted octanol–water partition coefficient (Wildman–Crippen LogP) is 4.98. The molecule has 0 aliphatic heterocycles. The number of ketones is 1. The molecule has 2 rings (SSSR count). The van der Waals surface area contributed by atoms with Crippen LogP contribution >= 0.6 is 43.2 Å². The Kier molecular flexibility index (Phi) is 5.96. The van der Waals surface area contributed by atoms with Crippen molar-refractivity contribution in [1.82, 2.24) is 4.90 Å². The third-order valence-corrected chi connectivity index (χ3v) is 5.36. The summed E-state index contributed by atoms with van der Waals surface area (Å²) < 4.78 is 1.86. The first-order valence-electron chi connectivity index (χ1n) is 6.34. The molecular weight excluding hydrogens is 402 g/mol. The minimum atomic E-state index is 0.150. The van der Waals surface area contributed by atoms with E-state index in [-0.39, 0.29) is 5.78 Å². The molecule has 0 N–H and O–H groups in total. The molecule has 0 bridgehead atoms. The van der Waals surface area contributed by atoms with E-state index in [1.807, 2.05) is 24.3 Å². The zero-order chi connectivity index (χ0) is 14.5. The quantitative estimate of drug-likeness (QED) is 0.619. The number of benzene rings is 1. The zero-order valence-corrected chi connectivity index (χ0v) is 15.1. The summed E-state index contributed by atoms with van der Waals surface area (Å²) in [4.78, 5) is 14.5. The normalized spacial score (nSPS) is 11.0. The van der Waals surface area contributed by atoms with Crippen molar-refractivity contribution in [2.75, 3.05) is 13.1 Å². The number of hydrogen-bond donors (Lipinski definition) is 0. The molecule has 1 aromatic heterocycles. The molecule has 2 nitrogen and oxygen atoms in total. The van der Waals surface area contributed by atoms with Gasteiger partial charge in [-0.3, -0.25) is 9.69 Å². The third kappa shape index (κ3) is 4.25. The summed E-state index contributed by atoms with van der Waals surface area (Å²) in [6, 6.07) is 12.1. The average Bonchev–Trinajstić information content (AvgIpc) is 2.78. The molecule has 0 atom stereocenters. The maximum absolute atomic E-state index is 12.4. The highest BCUT2D eigenvalue weighted by Crippen LogP contribution is 2.32. The first kappa shape index (κ1) is 15.9. The molecule has 0 saturated carbocycles. The van der Waals surface area contributed by atoms with E-state index in [2.05, 4.69) is 55.8 Å². The van der Waals surface area contributed by atoms with Crippen molar-refractivity contribution in [1.29, 1.82) is 0 Å². The van der Waals surface area contributed by atoms with E-state index in [0.717, 1.165) is 26.2 Å². The van der Waals surface area contributed by atoms with Crippen molar-refractivity contribution in [2.24, 2.45) is 0 Å². The lowest BCUT2D eigenvalue weighted by molar-refractivity contribution is 0.0929. The van der Waals surface area contributed by atoms with Crippen LogP contribution in [0.2, 0.25) is 0 Å². The second-order valence-electron chi connectivity index (χ2n) is 4.45. The second-order valence-corrected chi connectivity index (χ2v) is 8.20. The number of likely N-dealkylation sites (N-methyl/N-ethyl adjacent to an activating group) is 1. The van der Waals surface area contributed by atoms with Crippen LogP contribution in [0.15, 0.2) is 44.0 Å². The topological polar surface area (TPSA) is 20.3 Å². The maximum Gasteiger partial charge on any atom is 0.178 e. The van der Waals surface area contributed by atoms with Gasteiger partial charge in [0.2, 0.25) is 0 Å². The Labute approximate surface area is 140 Å². The summed E-state index contributed by atoms with van der Waals surface area (Å²) in [7, 11) is 0. The Morgan fingerprint density at radius 3 is 2.50 bits per heavy atom. The van der Waals surface area contributed by atoms with Gasteiger partial charge in [0.25, 0.3) is 0 Å². The smallest absolute Gasteiger partial charge is 0.178 e. The van der Waals surface area contributed by atoms with Gasteiger partial charge in [-0.25, -0.2) is 0 Å². The minimum Gasteiger partial charge on any atom is -0.293 e. The number of nitrogens with zero attached hydrogens (tertiary/aromatic N) is 1. The van der Waals surface area contributed by atoms with Crippen LogP contribution < -0.4 is 0 Å². The summed E-state index contributed by atoms with van der Waals surface area (Å²) in [6.07, 6.45) is 0. The number of carbonyl (C=O) groups is 1. The summed E-state index contributed by atoms with van der Waals surface area (Å²) in [6.45, 7) is 4.16. The molecule has 0 aliphatic rings. The van der Waals surface area contributed by atoms with Crippen molar-refractivity contribution in [3.63, 3.8) is 0 Å². The highest BCUT2D eigenvalue weighted by atomic mass is 79.9. The molecule has 0 spiro atoms.